The molecule has 1 aliphatic rings. The first-order valence-electron chi connectivity index (χ1n) is 11.1. The zero-order valence-electron chi connectivity index (χ0n) is 20.0. The van der Waals surface area contributed by atoms with Crippen LogP contribution < -0.4 is 14.8 Å². The Labute approximate surface area is 228 Å². The molecule has 0 spiro atoms. The van der Waals surface area contributed by atoms with Crippen molar-refractivity contribution in [2.24, 2.45) is 0 Å². The summed E-state index contributed by atoms with van der Waals surface area (Å²) in [5.41, 5.74) is 2.12. The summed E-state index contributed by atoms with van der Waals surface area (Å²) < 4.78 is 11.3. The summed E-state index contributed by atoms with van der Waals surface area (Å²) in [4.78, 5) is 40.0. The van der Waals surface area contributed by atoms with Crippen LogP contribution in [0.5, 0.6) is 11.5 Å². The van der Waals surface area contributed by atoms with E-state index in [2.05, 4.69) is 5.32 Å². The fraction of sp³-hybridized carbons (Fsp3) is 0.148. The van der Waals surface area contributed by atoms with Gasteiger partial charge in [0, 0.05) is 10.6 Å². The molecule has 3 aromatic rings. The van der Waals surface area contributed by atoms with E-state index in [9.17, 15) is 14.4 Å². The van der Waals surface area contributed by atoms with Gasteiger partial charge in [-0.2, -0.15) is 0 Å². The third kappa shape index (κ3) is 6.68. The van der Waals surface area contributed by atoms with Crippen molar-refractivity contribution in [1.82, 2.24) is 4.90 Å². The summed E-state index contributed by atoms with van der Waals surface area (Å²) in [5.74, 6) is -0.254. The summed E-state index contributed by atoms with van der Waals surface area (Å²) in [5, 5.41) is 2.50. The number of rotatable bonds is 9. The Hall–Kier alpha value is -3.40. The van der Waals surface area contributed by atoms with E-state index in [1.807, 2.05) is 54.8 Å². The number of nitrogens with one attached hydrogen (secondary N) is 1. The average Bonchev–Trinajstić information content (AvgIpc) is 3.15. The Morgan fingerprint density at radius 3 is 2.62 bits per heavy atom. The SMILES string of the molecule is COc1cc(/C=C2\SC(=O)N(CC(=O)Nc3cccc(SC)c3)C2=O)cc(Cl)c1OCc1ccccc1. The highest BCUT2D eigenvalue weighted by Gasteiger charge is 2.36. The molecule has 0 bridgehead atoms. The van der Waals surface area contributed by atoms with E-state index in [-0.39, 0.29) is 11.4 Å². The standard InChI is InChI=1S/C27H23ClN2O5S2/c1-34-22-12-18(11-21(28)25(22)35-16-17-7-4-3-5-8-17)13-23-26(32)30(27(33)37-23)15-24(31)29-19-9-6-10-20(14-19)36-2/h3-14H,15-16H2,1-2H3,(H,29,31)/b23-13-. The molecular weight excluding hydrogens is 532 g/mol. The summed E-state index contributed by atoms with van der Waals surface area (Å²) in [6.07, 6.45) is 3.47. The number of ether oxygens (including phenoxy) is 2. The maximum atomic E-state index is 12.9. The monoisotopic (exact) mass is 554 g/mol. The minimum atomic E-state index is -0.553. The molecule has 3 aromatic carbocycles. The number of nitrogens with zero attached hydrogens (tertiary/aromatic N) is 1. The molecule has 1 heterocycles. The summed E-state index contributed by atoms with van der Waals surface area (Å²) in [7, 11) is 1.49. The summed E-state index contributed by atoms with van der Waals surface area (Å²) in [6.45, 7) is -0.0827. The molecule has 3 amide bonds. The first-order valence-corrected chi connectivity index (χ1v) is 13.5. The Bertz CT molecular complexity index is 1360. The van der Waals surface area contributed by atoms with E-state index >= 15 is 0 Å². The highest BCUT2D eigenvalue weighted by molar-refractivity contribution is 8.18. The first-order chi connectivity index (χ1) is 17.9. The number of imide groups is 1. The van der Waals surface area contributed by atoms with E-state index in [1.165, 1.54) is 7.11 Å². The lowest BCUT2D eigenvalue weighted by Crippen LogP contribution is -2.36. The molecule has 1 saturated heterocycles. The fourth-order valence-electron chi connectivity index (χ4n) is 3.53. The first kappa shape index (κ1) is 26.7. The van der Waals surface area contributed by atoms with Gasteiger partial charge in [0.15, 0.2) is 11.5 Å². The normalized spacial score (nSPS) is 14.2. The largest absolute Gasteiger partial charge is 0.493 e. The van der Waals surface area contributed by atoms with Crippen LogP contribution in [0.1, 0.15) is 11.1 Å². The second-order valence-electron chi connectivity index (χ2n) is 7.86. The number of benzene rings is 3. The quantitative estimate of drug-likeness (QED) is 0.244. The lowest BCUT2D eigenvalue weighted by molar-refractivity contribution is -0.127. The van der Waals surface area contributed by atoms with Crippen LogP contribution in [-0.4, -0.2) is 41.9 Å². The molecule has 190 valence electrons. The van der Waals surface area contributed by atoms with E-state index in [4.69, 9.17) is 21.1 Å². The number of methoxy groups -OCH3 is 1. The van der Waals surface area contributed by atoms with Crippen LogP contribution in [0.4, 0.5) is 10.5 Å². The Morgan fingerprint density at radius 2 is 1.89 bits per heavy atom. The molecular formula is C27H23ClN2O5S2. The maximum Gasteiger partial charge on any atom is 0.294 e. The lowest BCUT2D eigenvalue weighted by Gasteiger charge is -2.14. The topological polar surface area (TPSA) is 84.9 Å². The molecule has 0 unspecified atom stereocenters. The van der Waals surface area contributed by atoms with Crippen LogP contribution in [0.2, 0.25) is 5.02 Å². The lowest BCUT2D eigenvalue weighted by atomic mass is 10.1. The van der Waals surface area contributed by atoms with Gasteiger partial charge in [-0.1, -0.05) is 48.0 Å². The van der Waals surface area contributed by atoms with E-state index < -0.39 is 17.1 Å². The Kier molecular flexibility index (Phi) is 8.81. The van der Waals surface area contributed by atoms with E-state index in [1.54, 1.807) is 36.0 Å². The van der Waals surface area contributed by atoms with Crippen LogP contribution in [0.25, 0.3) is 6.08 Å². The zero-order chi connectivity index (χ0) is 26.4. The highest BCUT2D eigenvalue weighted by Crippen LogP contribution is 2.39. The van der Waals surface area contributed by atoms with Gasteiger partial charge in [0.2, 0.25) is 5.91 Å². The van der Waals surface area contributed by atoms with Crippen molar-refractivity contribution >= 4 is 63.9 Å². The Balaban J connectivity index is 1.46. The predicted molar refractivity (Wildman–Crippen MR) is 148 cm³/mol. The van der Waals surface area contributed by atoms with Crippen molar-refractivity contribution in [2.75, 3.05) is 25.2 Å². The van der Waals surface area contributed by atoms with Gasteiger partial charge >= 0.3 is 0 Å². The second-order valence-corrected chi connectivity index (χ2v) is 10.1. The van der Waals surface area contributed by atoms with Crippen LogP contribution in [0.15, 0.2) is 76.5 Å². The van der Waals surface area contributed by atoms with Crippen LogP contribution >= 0.6 is 35.1 Å². The van der Waals surface area contributed by atoms with Crippen LogP contribution in [0, 0.1) is 0 Å². The molecule has 0 saturated carbocycles. The minimum Gasteiger partial charge on any atom is -0.493 e. The predicted octanol–water partition coefficient (Wildman–Crippen LogP) is 6.32. The Morgan fingerprint density at radius 1 is 1.11 bits per heavy atom. The maximum absolute atomic E-state index is 12.9. The molecule has 0 atom stereocenters. The number of halogens is 1. The zero-order valence-corrected chi connectivity index (χ0v) is 22.4. The number of thioether (sulfide) groups is 2. The van der Waals surface area contributed by atoms with Crippen molar-refractivity contribution in [2.45, 2.75) is 11.5 Å². The molecule has 1 aliphatic heterocycles. The van der Waals surface area contributed by atoms with Crippen LogP contribution in [-0.2, 0) is 16.2 Å². The van der Waals surface area contributed by atoms with E-state index in [0.717, 1.165) is 27.1 Å². The number of hydrogen-bond donors (Lipinski definition) is 1. The minimum absolute atomic E-state index is 0.179. The van der Waals surface area contributed by atoms with Gasteiger partial charge in [-0.15, -0.1) is 11.8 Å². The molecule has 10 heteroatoms. The summed E-state index contributed by atoms with van der Waals surface area (Å²) in [6, 6.07) is 20.2. The van der Waals surface area contributed by atoms with Crippen molar-refractivity contribution in [3.63, 3.8) is 0 Å². The smallest absolute Gasteiger partial charge is 0.294 e. The van der Waals surface area contributed by atoms with Gasteiger partial charge in [-0.05, 0) is 65.6 Å². The second kappa shape index (κ2) is 12.2. The summed E-state index contributed by atoms with van der Waals surface area (Å²) >= 11 is 8.77. The number of carbonyl (C=O) groups excluding carboxylic acids is 3. The molecule has 0 aliphatic carbocycles. The number of amides is 3. The van der Waals surface area contributed by atoms with Gasteiger partial charge in [0.1, 0.15) is 13.2 Å². The van der Waals surface area contributed by atoms with Crippen molar-refractivity contribution in [3.8, 4) is 11.5 Å². The number of hydrogen-bond acceptors (Lipinski definition) is 7. The highest BCUT2D eigenvalue weighted by atomic mass is 35.5. The van der Waals surface area contributed by atoms with Gasteiger partial charge in [0.25, 0.3) is 11.1 Å². The number of carbonyl (C=O) groups is 3. The van der Waals surface area contributed by atoms with Gasteiger partial charge in [-0.25, -0.2) is 0 Å². The molecule has 4 rings (SSSR count). The van der Waals surface area contributed by atoms with E-state index in [0.29, 0.717) is 34.4 Å². The molecule has 7 nitrogen and oxygen atoms in total. The van der Waals surface area contributed by atoms with Crippen molar-refractivity contribution in [1.29, 1.82) is 0 Å². The molecule has 1 fully saturated rings. The van der Waals surface area contributed by atoms with Crippen LogP contribution in [0.3, 0.4) is 0 Å². The van der Waals surface area contributed by atoms with Gasteiger partial charge in [-0.3, -0.25) is 19.3 Å². The van der Waals surface area contributed by atoms with Gasteiger partial charge < -0.3 is 14.8 Å². The van der Waals surface area contributed by atoms with Crippen molar-refractivity contribution in [3.05, 3.63) is 87.8 Å². The molecule has 1 N–H and O–H groups in total. The third-order valence-electron chi connectivity index (χ3n) is 5.30. The molecule has 0 radical (unpaired) electrons. The fourth-order valence-corrected chi connectivity index (χ4v) is 5.10. The van der Waals surface area contributed by atoms with Crippen molar-refractivity contribution < 1.29 is 23.9 Å². The third-order valence-corrected chi connectivity index (χ3v) is 7.22. The molecule has 0 aromatic heterocycles. The molecule has 37 heavy (non-hydrogen) atoms. The van der Waals surface area contributed by atoms with Gasteiger partial charge in [0.05, 0.1) is 17.0 Å². The number of anilines is 1. The average molecular weight is 555 g/mol.